The number of nitrogens with one attached hydrogen (secondary N) is 1. The maximum Gasteiger partial charge on any atom is 0.252 e. The molecule has 4 heterocycles. The van der Waals surface area contributed by atoms with Gasteiger partial charge in [0.1, 0.15) is 0 Å². The van der Waals surface area contributed by atoms with E-state index >= 15 is 0 Å². The van der Waals surface area contributed by atoms with Crippen molar-refractivity contribution < 1.29 is 9.59 Å². The lowest BCUT2D eigenvalue weighted by Crippen LogP contribution is -2.33. The minimum atomic E-state index is -0.530. The fourth-order valence-electron chi connectivity index (χ4n) is 4.84. The summed E-state index contributed by atoms with van der Waals surface area (Å²) in [5.74, 6) is 0.694. The van der Waals surface area contributed by atoms with Gasteiger partial charge in [-0.25, -0.2) is 4.52 Å². The highest BCUT2D eigenvalue weighted by Gasteiger charge is 2.45. The summed E-state index contributed by atoms with van der Waals surface area (Å²) in [5, 5.41) is 12.2. The van der Waals surface area contributed by atoms with E-state index in [2.05, 4.69) is 29.4 Å². The number of anilines is 1. The molecule has 32 heavy (non-hydrogen) atoms. The van der Waals surface area contributed by atoms with Crippen LogP contribution in [-0.4, -0.2) is 55.2 Å². The first-order valence-corrected chi connectivity index (χ1v) is 11.2. The van der Waals surface area contributed by atoms with Crippen LogP contribution in [0.3, 0.4) is 0 Å². The Labute approximate surface area is 186 Å². The van der Waals surface area contributed by atoms with Crippen LogP contribution in [0.15, 0.2) is 30.9 Å². The molecule has 168 valence electrons. The summed E-state index contributed by atoms with van der Waals surface area (Å²) in [6, 6.07) is 2.03. The molecule has 1 aliphatic heterocycles. The molecule has 2 aliphatic rings. The minimum absolute atomic E-state index is 0.0408. The molecule has 2 unspecified atom stereocenters. The number of rotatable bonds is 6. The number of nitrogens with zero attached hydrogens (tertiary/aromatic N) is 5. The molecular weight excluding hydrogens is 406 g/mol. The highest BCUT2D eigenvalue weighted by molar-refractivity contribution is 6.02. The Morgan fingerprint density at radius 1 is 1.19 bits per heavy atom. The summed E-state index contributed by atoms with van der Waals surface area (Å²) in [6.07, 6.45) is 9.08. The quantitative estimate of drug-likeness (QED) is 0.616. The van der Waals surface area contributed by atoms with Crippen molar-refractivity contribution in [1.82, 2.24) is 24.3 Å². The van der Waals surface area contributed by atoms with Crippen molar-refractivity contribution in [2.24, 2.45) is 30.5 Å². The van der Waals surface area contributed by atoms with Gasteiger partial charge in [-0.1, -0.05) is 13.8 Å². The Morgan fingerprint density at radius 3 is 2.59 bits per heavy atom. The summed E-state index contributed by atoms with van der Waals surface area (Å²) in [5.41, 5.74) is 9.41. The van der Waals surface area contributed by atoms with E-state index in [-0.39, 0.29) is 17.9 Å². The molecular formula is C23H29N7O2. The molecule has 5 rings (SSSR count). The number of hydrogen-bond acceptors (Lipinski definition) is 5. The fourth-order valence-corrected chi connectivity index (χ4v) is 4.84. The van der Waals surface area contributed by atoms with Crippen molar-refractivity contribution in [2.75, 3.05) is 18.4 Å². The maximum atomic E-state index is 12.8. The molecule has 1 saturated heterocycles. The zero-order valence-corrected chi connectivity index (χ0v) is 18.7. The summed E-state index contributed by atoms with van der Waals surface area (Å²) in [6.45, 7) is 5.64. The van der Waals surface area contributed by atoms with Gasteiger partial charge in [0.15, 0.2) is 0 Å². The summed E-state index contributed by atoms with van der Waals surface area (Å²) in [7, 11) is 1.87. The average Bonchev–Trinajstić information content (AvgIpc) is 3.15. The van der Waals surface area contributed by atoms with E-state index in [0.29, 0.717) is 29.6 Å². The first kappa shape index (κ1) is 20.5. The number of primary amides is 1. The second-order valence-electron chi connectivity index (χ2n) is 9.24. The zero-order valence-electron chi connectivity index (χ0n) is 18.7. The van der Waals surface area contributed by atoms with E-state index in [1.807, 2.05) is 30.4 Å². The molecule has 9 heteroatoms. The lowest BCUT2D eigenvalue weighted by Gasteiger charge is -2.21. The number of nitrogens with two attached hydrogens (primary N) is 1. The molecule has 3 N–H and O–H groups in total. The Hall–Kier alpha value is -3.36. The standard InChI is InChI=1S/C23H29N7O2/c1-4-14-10-29(23(32)17-5-13(17)2)12-19(14)27-21-18(22(24)31)8-26-30-11-15(6-20(21)30)16-7-25-28(3)9-16/h6-9,11,13-14,17,19,27H,4-5,10,12H2,1-3H3,(H2,24,31)/t13?,14-,17?,19-/m1/s1. The van der Waals surface area contributed by atoms with Crippen LogP contribution in [0.1, 0.15) is 37.0 Å². The van der Waals surface area contributed by atoms with Crippen LogP contribution in [0.2, 0.25) is 0 Å². The molecule has 2 amide bonds. The van der Waals surface area contributed by atoms with Gasteiger partial charge < -0.3 is 16.0 Å². The molecule has 1 aliphatic carbocycles. The molecule has 0 bridgehead atoms. The van der Waals surface area contributed by atoms with Gasteiger partial charge in [0.25, 0.3) is 5.91 Å². The first-order chi connectivity index (χ1) is 15.4. The van der Waals surface area contributed by atoms with E-state index in [4.69, 9.17) is 5.73 Å². The van der Waals surface area contributed by atoms with Crippen molar-refractivity contribution >= 4 is 23.0 Å². The van der Waals surface area contributed by atoms with Gasteiger partial charge in [-0.05, 0) is 30.7 Å². The Bertz CT molecular complexity index is 1200. The summed E-state index contributed by atoms with van der Waals surface area (Å²) in [4.78, 5) is 27.0. The number of aryl methyl sites for hydroxylation is 1. The number of carbonyl (C=O) groups is 2. The van der Waals surface area contributed by atoms with Crippen LogP contribution < -0.4 is 11.1 Å². The van der Waals surface area contributed by atoms with E-state index in [1.54, 1.807) is 15.4 Å². The second-order valence-corrected chi connectivity index (χ2v) is 9.24. The van der Waals surface area contributed by atoms with Gasteiger partial charge >= 0.3 is 0 Å². The van der Waals surface area contributed by atoms with Crippen LogP contribution in [0.5, 0.6) is 0 Å². The predicted octanol–water partition coefficient (Wildman–Crippen LogP) is 2.14. The highest BCUT2D eigenvalue weighted by atomic mass is 16.2. The third-order valence-electron chi connectivity index (χ3n) is 6.97. The number of aromatic nitrogens is 4. The molecule has 0 aromatic carbocycles. The Balaban J connectivity index is 1.49. The molecule has 1 saturated carbocycles. The normalized spacial score (nSPS) is 24.8. The topological polar surface area (TPSA) is 111 Å². The first-order valence-electron chi connectivity index (χ1n) is 11.2. The largest absolute Gasteiger partial charge is 0.378 e. The van der Waals surface area contributed by atoms with Gasteiger partial charge in [-0.3, -0.25) is 14.3 Å². The lowest BCUT2D eigenvalue weighted by molar-refractivity contribution is -0.131. The van der Waals surface area contributed by atoms with Crippen molar-refractivity contribution in [3.8, 4) is 11.1 Å². The van der Waals surface area contributed by atoms with Gasteiger partial charge in [0.05, 0.1) is 29.2 Å². The maximum absolute atomic E-state index is 12.8. The number of likely N-dealkylation sites (tertiary alicyclic amines) is 1. The van der Waals surface area contributed by atoms with Crippen molar-refractivity contribution in [3.63, 3.8) is 0 Å². The van der Waals surface area contributed by atoms with Crippen LogP contribution in [0.4, 0.5) is 5.69 Å². The SMILES string of the molecule is CC[C@@H]1CN(C(=O)C2CC2C)C[C@H]1Nc1c(C(N)=O)cnn2cc(-c3cnn(C)c3)cc12. The van der Waals surface area contributed by atoms with E-state index in [1.165, 1.54) is 6.20 Å². The van der Waals surface area contributed by atoms with Gasteiger partial charge in [0, 0.05) is 55.6 Å². The van der Waals surface area contributed by atoms with Crippen molar-refractivity contribution in [2.45, 2.75) is 32.7 Å². The molecule has 2 fully saturated rings. The molecule has 3 aromatic rings. The Morgan fingerprint density at radius 2 is 1.97 bits per heavy atom. The van der Waals surface area contributed by atoms with Crippen LogP contribution in [-0.2, 0) is 11.8 Å². The number of hydrogen-bond donors (Lipinski definition) is 2. The second kappa shape index (κ2) is 7.65. The average molecular weight is 436 g/mol. The van der Waals surface area contributed by atoms with Gasteiger partial charge in [0.2, 0.25) is 5.91 Å². The lowest BCUT2D eigenvalue weighted by atomic mass is 10.00. The fraction of sp³-hybridized carbons (Fsp3) is 0.478. The number of carbonyl (C=O) groups excluding carboxylic acids is 2. The van der Waals surface area contributed by atoms with Crippen molar-refractivity contribution in [1.29, 1.82) is 0 Å². The monoisotopic (exact) mass is 435 g/mol. The number of fused-ring (bicyclic) bond motifs is 1. The van der Waals surface area contributed by atoms with Gasteiger partial charge in [-0.2, -0.15) is 10.2 Å². The highest BCUT2D eigenvalue weighted by Crippen LogP contribution is 2.40. The zero-order chi connectivity index (χ0) is 22.6. The molecule has 9 nitrogen and oxygen atoms in total. The smallest absolute Gasteiger partial charge is 0.252 e. The van der Waals surface area contributed by atoms with Crippen LogP contribution >= 0.6 is 0 Å². The third kappa shape index (κ3) is 3.51. The molecule has 0 spiro atoms. The third-order valence-corrected chi connectivity index (χ3v) is 6.97. The van der Waals surface area contributed by atoms with Crippen LogP contribution in [0, 0.1) is 17.8 Å². The van der Waals surface area contributed by atoms with Gasteiger partial charge in [-0.15, -0.1) is 0 Å². The van der Waals surface area contributed by atoms with E-state index in [0.717, 1.165) is 36.0 Å². The van der Waals surface area contributed by atoms with Crippen molar-refractivity contribution in [3.05, 3.63) is 36.4 Å². The van der Waals surface area contributed by atoms with Crippen LogP contribution in [0.25, 0.3) is 16.6 Å². The summed E-state index contributed by atoms with van der Waals surface area (Å²) >= 11 is 0. The predicted molar refractivity (Wildman–Crippen MR) is 121 cm³/mol. The van der Waals surface area contributed by atoms with E-state index < -0.39 is 5.91 Å². The summed E-state index contributed by atoms with van der Waals surface area (Å²) < 4.78 is 3.50. The Kier molecular flexibility index (Phi) is 4.91. The molecule has 4 atom stereocenters. The van der Waals surface area contributed by atoms with E-state index in [9.17, 15) is 9.59 Å². The molecule has 0 radical (unpaired) electrons. The molecule has 3 aromatic heterocycles. The number of amides is 2. The minimum Gasteiger partial charge on any atom is -0.378 e.